The third kappa shape index (κ3) is 6.79. The molecule has 190 valence electrons. The van der Waals surface area contributed by atoms with Gasteiger partial charge in [-0.15, -0.1) is 11.8 Å². The summed E-state index contributed by atoms with van der Waals surface area (Å²) in [7, 11) is 3.24. The van der Waals surface area contributed by atoms with Gasteiger partial charge in [-0.05, 0) is 47.5 Å². The Bertz CT molecular complexity index is 1090. The van der Waals surface area contributed by atoms with E-state index in [1.165, 1.54) is 11.8 Å². The number of rotatable bonds is 11. The Hall–Kier alpha value is -3.04. The van der Waals surface area contributed by atoms with Crippen molar-refractivity contribution in [2.24, 2.45) is 0 Å². The van der Waals surface area contributed by atoms with E-state index in [-0.39, 0.29) is 11.9 Å². The summed E-state index contributed by atoms with van der Waals surface area (Å²) < 4.78 is 28.4. The highest BCUT2D eigenvalue weighted by molar-refractivity contribution is 8.00. The SMILES string of the molecule is COc1ccc(COC[C@H]2SC(O)[C@@H](OC(=O)c3ccccc3)[C@@H]2OCc2ccc(OC)cc2)cc1. The Balaban J connectivity index is 1.42. The van der Waals surface area contributed by atoms with Crippen LogP contribution in [0.25, 0.3) is 0 Å². The quantitative estimate of drug-likeness (QED) is 0.379. The fraction of sp³-hybridized carbons (Fsp3) is 0.321. The van der Waals surface area contributed by atoms with Crippen LogP contribution in [0.4, 0.5) is 0 Å². The van der Waals surface area contributed by atoms with Crippen molar-refractivity contribution < 1.29 is 33.6 Å². The zero-order valence-electron chi connectivity index (χ0n) is 20.2. The second-order valence-corrected chi connectivity index (χ2v) is 9.65. The van der Waals surface area contributed by atoms with E-state index in [0.29, 0.717) is 18.8 Å². The van der Waals surface area contributed by atoms with E-state index in [1.807, 2.05) is 54.6 Å². The Morgan fingerprint density at radius 2 is 1.39 bits per heavy atom. The number of hydrogen-bond acceptors (Lipinski definition) is 8. The van der Waals surface area contributed by atoms with Gasteiger partial charge in [-0.2, -0.15) is 0 Å². The maximum atomic E-state index is 12.7. The van der Waals surface area contributed by atoms with E-state index >= 15 is 0 Å². The Morgan fingerprint density at radius 3 is 1.97 bits per heavy atom. The molecule has 0 saturated carbocycles. The van der Waals surface area contributed by atoms with Crippen molar-refractivity contribution in [2.75, 3.05) is 20.8 Å². The molecule has 7 nitrogen and oxygen atoms in total. The summed E-state index contributed by atoms with van der Waals surface area (Å²) in [4.78, 5) is 12.7. The maximum absolute atomic E-state index is 12.7. The molecular formula is C28H30O7S. The van der Waals surface area contributed by atoms with Gasteiger partial charge in [0.05, 0.1) is 44.9 Å². The molecule has 1 saturated heterocycles. The van der Waals surface area contributed by atoms with Gasteiger partial charge >= 0.3 is 5.97 Å². The minimum atomic E-state index is -0.937. The van der Waals surface area contributed by atoms with Crippen molar-refractivity contribution in [1.82, 2.24) is 0 Å². The number of carbonyl (C=O) groups is 1. The predicted octanol–water partition coefficient (Wildman–Crippen LogP) is 4.47. The molecule has 1 aliphatic rings. The molecule has 1 N–H and O–H groups in total. The molecule has 0 radical (unpaired) electrons. The van der Waals surface area contributed by atoms with Crippen LogP contribution in [0.3, 0.4) is 0 Å². The van der Waals surface area contributed by atoms with Crippen molar-refractivity contribution in [3.63, 3.8) is 0 Å². The molecule has 0 amide bonds. The second kappa shape index (κ2) is 12.8. The minimum Gasteiger partial charge on any atom is -0.497 e. The number of thioether (sulfide) groups is 1. The predicted molar refractivity (Wildman–Crippen MR) is 137 cm³/mol. The van der Waals surface area contributed by atoms with Crippen LogP contribution in [0, 0.1) is 0 Å². The zero-order valence-corrected chi connectivity index (χ0v) is 21.1. The lowest BCUT2D eigenvalue weighted by atomic mass is 10.1. The summed E-state index contributed by atoms with van der Waals surface area (Å²) >= 11 is 1.29. The average molecular weight is 511 g/mol. The van der Waals surface area contributed by atoms with Gasteiger partial charge in [0.1, 0.15) is 23.0 Å². The number of aliphatic hydroxyl groups is 1. The van der Waals surface area contributed by atoms with E-state index in [4.69, 9.17) is 23.7 Å². The van der Waals surface area contributed by atoms with Crippen LogP contribution in [0.15, 0.2) is 78.9 Å². The Morgan fingerprint density at radius 1 is 0.806 bits per heavy atom. The summed E-state index contributed by atoms with van der Waals surface area (Å²) in [5.41, 5.74) is 1.42. The monoisotopic (exact) mass is 510 g/mol. The first kappa shape index (κ1) is 26.0. The van der Waals surface area contributed by atoms with E-state index in [0.717, 1.165) is 22.6 Å². The number of benzene rings is 3. The second-order valence-electron chi connectivity index (χ2n) is 8.29. The molecule has 1 fully saturated rings. The van der Waals surface area contributed by atoms with Gasteiger partial charge in [0, 0.05) is 0 Å². The van der Waals surface area contributed by atoms with Crippen LogP contribution in [0.1, 0.15) is 21.5 Å². The first-order valence-corrected chi connectivity index (χ1v) is 12.6. The number of aliphatic hydroxyl groups excluding tert-OH is 1. The molecule has 4 atom stereocenters. The van der Waals surface area contributed by atoms with Crippen molar-refractivity contribution in [1.29, 1.82) is 0 Å². The molecule has 0 spiro atoms. The average Bonchev–Trinajstić information content (AvgIpc) is 3.22. The lowest BCUT2D eigenvalue weighted by molar-refractivity contribution is -0.0806. The smallest absolute Gasteiger partial charge is 0.338 e. The van der Waals surface area contributed by atoms with E-state index in [2.05, 4.69) is 0 Å². The number of esters is 1. The first-order valence-electron chi connectivity index (χ1n) is 11.6. The van der Waals surface area contributed by atoms with Gasteiger partial charge in [-0.1, -0.05) is 42.5 Å². The third-order valence-electron chi connectivity index (χ3n) is 5.85. The standard InChI is InChI=1S/C28H30O7S/c1-31-22-12-8-19(9-13-22)16-33-18-24-25(34-17-20-10-14-23(32-2)15-11-20)26(28(30)36-24)35-27(29)21-6-4-3-5-7-21/h3-15,24-26,28,30H,16-18H2,1-2H3/t24-,25-,26+,28?/m1/s1. The van der Waals surface area contributed by atoms with Gasteiger partial charge in [0.2, 0.25) is 0 Å². The lowest BCUT2D eigenvalue weighted by Crippen LogP contribution is -2.40. The fourth-order valence-corrected chi connectivity index (χ4v) is 5.15. The summed E-state index contributed by atoms with van der Waals surface area (Å²) in [6, 6.07) is 23.9. The summed E-state index contributed by atoms with van der Waals surface area (Å²) in [5.74, 6) is 1.03. The molecule has 1 unspecified atom stereocenters. The number of hydrogen-bond donors (Lipinski definition) is 1. The molecule has 3 aromatic carbocycles. The van der Waals surface area contributed by atoms with Crippen LogP contribution >= 0.6 is 11.8 Å². The summed E-state index contributed by atoms with van der Waals surface area (Å²) in [5, 5.41) is 10.6. The van der Waals surface area contributed by atoms with Crippen LogP contribution < -0.4 is 9.47 Å². The molecule has 8 heteroatoms. The van der Waals surface area contributed by atoms with Gasteiger partial charge < -0.3 is 28.8 Å². The molecule has 36 heavy (non-hydrogen) atoms. The van der Waals surface area contributed by atoms with Crippen molar-refractivity contribution >= 4 is 17.7 Å². The van der Waals surface area contributed by atoms with Crippen LogP contribution in [0.5, 0.6) is 11.5 Å². The lowest BCUT2D eigenvalue weighted by Gasteiger charge is -2.25. The Labute approximate surface area is 215 Å². The van der Waals surface area contributed by atoms with Gasteiger partial charge in [0.25, 0.3) is 0 Å². The summed E-state index contributed by atoms with van der Waals surface area (Å²) in [6.07, 6.45) is -1.40. The molecule has 1 aliphatic heterocycles. The zero-order chi connectivity index (χ0) is 25.3. The molecule has 0 bridgehead atoms. The largest absolute Gasteiger partial charge is 0.497 e. The van der Waals surface area contributed by atoms with Crippen LogP contribution in [-0.4, -0.2) is 54.8 Å². The van der Waals surface area contributed by atoms with Gasteiger partial charge in [0.15, 0.2) is 6.10 Å². The van der Waals surface area contributed by atoms with Gasteiger partial charge in [-0.3, -0.25) is 0 Å². The Kier molecular flexibility index (Phi) is 9.24. The van der Waals surface area contributed by atoms with E-state index in [1.54, 1.807) is 38.5 Å². The highest BCUT2D eigenvalue weighted by atomic mass is 32.2. The van der Waals surface area contributed by atoms with Crippen LogP contribution in [0.2, 0.25) is 0 Å². The molecule has 0 aromatic heterocycles. The molecule has 0 aliphatic carbocycles. The molecule has 4 rings (SSSR count). The fourth-order valence-electron chi connectivity index (χ4n) is 3.86. The molecule has 1 heterocycles. The number of ether oxygens (including phenoxy) is 5. The maximum Gasteiger partial charge on any atom is 0.338 e. The molecule has 3 aromatic rings. The van der Waals surface area contributed by atoms with Gasteiger partial charge in [-0.25, -0.2) is 4.79 Å². The third-order valence-corrected chi connectivity index (χ3v) is 7.15. The van der Waals surface area contributed by atoms with E-state index in [9.17, 15) is 9.90 Å². The van der Waals surface area contributed by atoms with Crippen molar-refractivity contribution in [2.45, 2.75) is 36.1 Å². The normalized spacial score (nSPS) is 21.2. The number of carbonyl (C=O) groups excluding carboxylic acids is 1. The summed E-state index contributed by atoms with van der Waals surface area (Å²) in [6.45, 7) is 1.01. The molecular weight excluding hydrogens is 480 g/mol. The number of methoxy groups -OCH3 is 2. The highest BCUT2D eigenvalue weighted by Gasteiger charge is 2.47. The van der Waals surface area contributed by atoms with E-state index < -0.39 is 23.6 Å². The minimum absolute atomic E-state index is 0.231. The van der Waals surface area contributed by atoms with Crippen molar-refractivity contribution in [3.8, 4) is 11.5 Å². The first-order chi connectivity index (χ1) is 17.6. The van der Waals surface area contributed by atoms with Crippen LogP contribution in [-0.2, 0) is 27.4 Å². The van der Waals surface area contributed by atoms with Crippen molar-refractivity contribution in [3.05, 3.63) is 95.6 Å². The highest BCUT2D eigenvalue weighted by Crippen LogP contribution is 2.38. The topological polar surface area (TPSA) is 83.5 Å².